The topological polar surface area (TPSA) is 44.8 Å². The lowest BCUT2D eigenvalue weighted by Gasteiger charge is -2.39. The molecule has 5 heteroatoms. The van der Waals surface area contributed by atoms with Crippen LogP contribution in [-0.4, -0.2) is 54.5 Å². The van der Waals surface area contributed by atoms with Gasteiger partial charge in [-0.05, 0) is 43.7 Å². The Morgan fingerprint density at radius 3 is 2.22 bits per heavy atom. The quantitative estimate of drug-likeness (QED) is 0.851. The van der Waals surface area contributed by atoms with Gasteiger partial charge in [-0.25, -0.2) is 0 Å². The molecule has 2 aromatic rings. The summed E-state index contributed by atoms with van der Waals surface area (Å²) in [5, 5.41) is 3.36. The summed E-state index contributed by atoms with van der Waals surface area (Å²) >= 11 is 0. The SMILES string of the molecule is COc1ccc(NC(C)(C)C(=O)N2CCN(Cc3ccccc3)CC2)cc1. The first kappa shape index (κ1) is 19.2. The fourth-order valence-corrected chi connectivity index (χ4v) is 3.43. The molecule has 0 unspecified atom stereocenters. The molecule has 144 valence electrons. The van der Waals surface area contributed by atoms with Gasteiger partial charge in [0.15, 0.2) is 0 Å². The van der Waals surface area contributed by atoms with Crippen LogP contribution >= 0.6 is 0 Å². The number of rotatable bonds is 6. The highest BCUT2D eigenvalue weighted by molar-refractivity contribution is 5.88. The van der Waals surface area contributed by atoms with E-state index in [1.807, 2.05) is 49.1 Å². The monoisotopic (exact) mass is 367 g/mol. The van der Waals surface area contributed by atoms with E-state index in [1.165, 1.54) is 5.56 Å². The van der Waals surface area contributed by atoms with E-state index in [1.54, 1.807) is 7.11 Å². The third-order valence-corrected chi connectivity index (χ3v) is 4.99. The number of carbonyl (C=O) groups is 1. The Hall–Kier alpha value is -2.53. The maximum atomic E-state index is 13.0. The second-order valence-corrected chi connectivity index (χ2v) is 7.53. The molecule has 2 aromatic carbocycles. The Morgan fingerprint density at radius 2 is 1.63 bits per heavy atom. The minimum atomic E-state index is -0.657. The van der Waals surface area contributed by atoms with Gasteiger partial charge in [0.1, 0.15) is 11.3 Å². The number of nitrogens with one attached hydrogen (secondary N) is 1. The lowest BCUT2D eigenvalue weighted by Crippen LogP contribution is -2.56. The predicted octanol–water partition coefficient (Wildman–Crippen LogP) is 3.23. The van der Waals surface area contributed by atoms with Crippen molar-refractivity contribution in [3.8, 4) is 5.75 Å². The zero-order valence-corrected chi connectivity index (χ0v) is 16.4. The number of piperazine rings is 1. The van der Waals surface area contributed by atoms with Crippen LogP contribution in [0.2, 0.25) is 0 Å². The summed E-state index contributed by atoms with van der Waals surface area (Å²) in [6, 6.07) is 18.1. The highest BCUT2D eigenvalue weighted by Crippen LogP contribution is 2.21. The molecule has 0 radical (unpaired) electrons. The number of ether oxygens (including phenoxy) is 1. The van der Waals surface area contributed by atoms with Crippen molar-refractivity contribution in [3.05, 3.63) is 60.2 Å². The normalized spacial score (nSPS) is 15.4. The van der Waals surface area contributed by atoms with Crippen molar-refractivity contribution in [1.29, 1.82) is 0 Å². The van der Waals surface area contributed by atoms with Crippen LogP contribution in [0.15, 0.2) is 54.6 Å². The molecule has 1 N–H and O–H groups in total. The summed E-state index contributed by atoms with van der Waals surface area (Å²) in [4.78, 5) is 17.4. The van der Waals surface area contributed by atoms with E-state index in [0.29, 0.717) is 0 Å². The number of anilines is 1. The smallest absolute Gasteiger partial charge is 0.247 e. The molecule has 0 aromatic heterocycles. The van der Waals surface area contributed by atoms with E-state index in [2.05, 4.69) is 34.5 Å². The molecule has 3 rings (SSSR count). The molecule has 0 atom stereocenters. The van der Waals surface area contributed by atoms with Gasteiger partial charge in [-0.2, -0.15) is 0 Å². The van der Waals surface area contributed by atoms with Gasteiger partial charge in [-0.15, -0.1) is 0 Å². The Morgan fingerprint density at radius 1 is 1.00 bits per heavy atom. The first-order valence-electron chi connectivity index (χ1n) is 9.46. The zero-order valence-electron chi connectivity index (χ0n) is 16.4. The Kier molecular flexibility index (Phi) is 6.01. The zero-order chi connectivity index (χ0) is 19.3. The third-order valence-electron chi connectivity index (χ3n) is 4.99. The van der Waals surface area contributed by atoms with E-state index >= 15 is 0 Å². The molecular formula is C22H29N3O2. The van der Waals surface area contributed by atoms with Crippen LogP contribution in [0.5, 0.6) is 5.75 Å². The van der Waals surface area contributed by atoms with E-state index in [9.17, 15) is 4.79 Å². The fourth-order valence-electron chi connectivity index (χ4n) is 3.43. The Bertz CT molecular complexity index is 736. The maximum Gasteiger partial charge on any atom is 0.247 e. The summed E-state index contributed by atoms with van der Waals surface area (Å²) in [6.45, 7) is 8.15. The molecule has 0 saturated carbocycles. The maximum absolute atomic E-state index is 13.0. The molecule has 1 aliphatic rings. The number of nitrogens with zero attached hydrogens (tertiary/aromatic N) is 2. The molecule has 1 heterocycles. The van der Waals surface area contributed by atoms with E-state index in [-0.39, 0.29) is 5.91 Å². The molecule has 1 fully saturated rings. The molecule has 0 spiro atoms. The molecule has 5 nitrogen and oxygen atoms in total. The summed E-state index contributed by atoms with van der Waals surface area (Å²) in [7, 11) is 1.65. The van der Waals surface area contributed by atoms with E-state index < -0.39 is 5.54 Å². The van der Waals surface area contributed by atoms with Gasteiger partial charge in [-0.3, -0.25) is 9.69 Å². The van der Waals surface area contributed by atoms with Crippen molar-refractivity contribution in [2.45, 2.75) is 25.9 Å². The Labute approximate surface area is 161 Å². The predicted molar refractivity (Wildman–Crippen MR) is 109 cm³/mol. The Balaban J connectivity index is 1.54. The molecule has 1 aliphatic heterocycles. The average molecular weight is 367 g/mol. The fraction of sp³-hybridized carbons (Fsp3) is 0.409. The van der Waals surface area contributed by atoms with Gasteiger partial charge in [0.25, 0.3) is 0 Å². The summed E-state index contributed by atoms with van der Waals surface area (Å²) in [5.74, 6) is 0.942. The lowest BCUT2D eigenvalue weighted by atomic mass is 10.0. The number of methoxy groups -OCH3 is 1. The van der Waals surface area contributed by atoms with E-state index in [4.69, 9.17) is 4.74 Å². The van der Waals surface area contributed by atoms with E-state index in [0.717, 1.165) is 44.2 Å². The number of carbonyl (C=O) groups excluding carboxylic acids is 1. The number of hydrogen-bond donors (Lipinski definition) is 1. The standard InChI is InChI=1S/C22H29N3O2/c1-22(2,23-19-9-11-20(27-3)12-10-19)21(26)25-15-13-24(14-16-25)17-18-7-5-4-6-8-18/h4-12,23H,13-17H2,1-3H3. The second-order valence-electron chi connectivity index (χ2n) is 7.53. The molecule has 1 amide bonds. The first-order chi connectivity index (χ1) is 13.0. The third kappa shape index (κ3) is 5.01. The minimum Gasteiger partial charge on any atom is -0.497 e. The van der Waals surface area contributed by atoms with Crippen molar-refractivity contribution < 1.29 is 9.53 Å². The first-order valence-corrected chi connectivity index (χ1v) is 9.46. The minimum absolute atomic E-state index is 0.137. The lowest BCUT2D eigenvalue weighted by molar-refractivity contribution is -0.136. The van der Waals surface area contributed by atoms with Crippen molar-refractivity contribution in [2.75, 3.05) is 38.6 Å². The summed E-state index contributed by atoms with van der Waals surface area (Å²) < 4.78 is 5.19. The van der Waals surface area contributed by atoms with Gasteiger partial charge in [0, 0.05) is 38.4 Å². The van der Waals surface area contributed by atoms with Crippen molar-refractivity contribution >= 4 is 11.6 Å². The number of amides is 1. The molecule has 0 aliphatic carbocycles. The van der Waals surface area contributed by atoms with Crippen LogP contribution in [0.25, 0.3) is 0 Å². The number of hydrogen-bond acceptors (Lipinski definition) is 4. The van der Waals surface area contributed by atoms with Crippen LogP contribution in [0.4, 0.5) is 5.69 Å². The molecule has 27 heavy (non-hydrogen) atoms. The van der Waals surface area contributed by atoms with Crippen LogP contribution in [0.1, 0.15) is 19.4 Å². The van der Waals surface area contributed by atoms with Crippen molar-refractivity contribution in [2.24, 2.45) is 0 Å². The van der Waals surface area contributed by atoms with Gasteiger partial charge in [0.2, 0.25) is 5.91 Å². The van der Waals surface area contributed by atoms with Gasteiger partial charge in [0.05, 0.1) is 7.11 Å². The van der Waals surface area contributed by atoms with Crippen LogP contribution in [0.3, 0.4) is 0 Å². The average Bonchev–Trinajstić information content (AvgIpc) is 2.69. The summed E-state index contributed by atoms with van der Waals surface area (Å²) in [6.07, 6.45) is 0. The highest BCUT2D eigenvalue weighted by atomic mass is 16.5. The van der Waals surface area contributed by atoms with Crippen LogP contribution < -0.4 is 10.1 Å². The van der Waals surface area contributed by atoms with Crippen molar-refractivity contribution in [1.82, 2.24) is 9.80 Å². The number of benzene rings is 2. The van der Waals surface area contributed by atoms with Crippen LogP contribution in [-0.2, 0) is 11.3 Å². The largest absolute Gasteiger partial charge is 0.497 e. The highest BCUT2D eigenvalue weighted by Gasteiger charge is 2.33. The second kappa shape index (κ2) is 8.44. The van der Waals surface area contributed by atoms with Crippen LogP contribution in [0, 0.1) is 0 Å². The molecular weight excluding hydrogens is 338 g/mol. The summed E-state index contributed by atoms with van der Waals surface area (Å²) in [5.41, 5.74) is 1.58. The van der Waals surface area contributed by atoms with Crippen molar-refractivity contribution in [3.63, 3.8) is 0 Å². The van der Waals surface area contributed by atoms with Gasteiger partial charge in [-0.1, -0.05) is 30.3 Å². The molecule has 0 bridgehead atoms. The molecule has 1 saturated heterocycles. The van der Waals surface area contributed by atoms with Gasteiger partial charge >= 0.3 is 0 Å². The van der Waals surface area contributed by atoms with Gasteiger partial charge < -0.3 is 15.0 Å².